The lowest BCUT2D eigenvalue weighted by Gasteiger charge is -2.46. The predicted octanol–water partition coefficient (Wildman–Crippen LogP) is 7.22. The van der Waals surface area contributed by atoms with E-state index in [9.17, 15) is 14.4 Å². The van der Waals surface area contributed by atoms with Gasteiger partial charge in [0.1, 0.15) is 11.4 Å². The number of nitrogens with zero attached hydrogens (tertiary/aromatic N) is 2. The topological polar surface area (TPSA) is 65.4 Å². The normalized spacial score (nSPS) is 21.9. The largest absolute Gasteiger partial charge is 0.444 e. The van der Waals surface area contributed by atoms with Gasteiger partial charge in [-0.1, -0.05) is 62.7 Å². The van der Waals surface area contributed by atoms with Crippen molar-refractivity contribution in [3.05, 3.63) is 71.5 Å². The van der Waals surface area contributed by atoms with Gasteiger partial charge in [0.15, 0.2) is 0 Å². The van der Waals surface area contributed by atoms with Crippen LogP contribution in [0.1, 0.15) is 77.8 Å². The fraction of sp³-hybridized carbons (Fsp3) is 0.562. The number of nitriles is 1. The molecule has 1 N–H and O–H groups in total. The second-order valence-corrected chi connectivity index (χ2v) is 11.3. The Morgan fingerprint density at radius 3 is 2.34 bits per heavy atom. The van der Waals surface area contributed by atoms with Gasteiger partial charge in [-0.3, -0.25) is 4.90 Å². The van der Waals surface area contributed by atoms with Crippen LogP contribution in [0.2, 0.25) is 0 Å². The second kappa shape index (κ2) is 13.2. The molecule has 1 heterocycles. The maximum absolute atomic E-state index is 14.5. The van der Waals surface area contributed by atoms with Crippen molar-refractivity contribution in [1.82, 2.24) is 10.2 Å². The number of amides is 1. The SMILES string of the molecule is CC.CC(C)(C)OC(=O)NC1CCCC1C(C#N)(c1cccc(F)c1)C1CCN(Cc2ccccc2)CC1. The highest BCUT2D eigenvalue weighted by Crippen LogP contribution is 2.50. The van der Waals surface area contributed by atoms with E-state index in [2.05, 4.69) is 40.6 Å². The molecule has 1 aliphatic carbocycles. The number of carbonyl (C=O) groups is 1. The Labute approximate surface area is 228 Å². The summed E-state index contributed by atoms with van der Waals surface area (Å²) in [6, 6.07) is 19.5. The van der Waals surface area contributed by atoms with E-state index in [4.69, 9.17) is 4.74 Å². The third kappa shape index (κ3) is 7.14. The summed E-state index contributed by atoms with van der Waals surface area (Å²) in [4.78, 5) is 15.1. The van der Waals surface area contributed by atoms with Gasteiger partial charge in [0.25, 0.3) is 0 Å². The number of likely N-dealkylation sites (tertiary alicyclic amines) is 1. The molecule has 38 heavy (non-hydrogen) atoms. The van der Waals surface area contributed by atoms with Crippen LogP contribution in [0.4, 0.5) is 9.18 Å². The molecule has 0 radical (unpaired) electrons. The van der Waals surface area contributed by atoms with Gasteiger partial charge < -0.3 is 10.1 Å². The Morgan fingerprint density at radius 2 is 1.74 bits per heavy atom. The van der Waals surface area contributed by atoms with Gasteiger partial charge in [0, 0.05) is 18.5 Å². The van der Waals surface area contributed by atoms with Gasteiger partial charge in [0.2, 0.25) is 0 Å². The van der Waals surface area contributed by atoms with Crippen LogP contribution in [0.5, 0.6) is 0 Å². The lowest BCUT2D eigenvalue weighted by atomic mass is 9.59. The molecule has 0 spiro atoms. The third-order valence-electron chi connectivity index (χ3n) is 7.77. The number of rotatable bonds is 6. The van der Waals surface area contributed by atoms with Crippen LogP contribution in [-0.2, 0) is 16.7 Å². The molecule has 1 amide bonds. The maximum atomic E-state index is 14.5. The zero-order valence-electron chi connectivity index (χ0n) is 23.7. The number of nitrogens with one attached hydrogen (secondary N) is 1. The molecule has 3 atom stereocenters. The molecule has 4 rings (SSSR count). The monoisotopic (exact) mass is 521 g/mol. The van der Waals surface area contributed by atoms with Crippen LogP contribution in [-0.4, -0.2) is 35.7 Å². The molecule has 6 heteroatoms. The molecule has 3 unspecified atom stereocenters. The zero-order chi connectivity index (χ0) is 27.8. The lowest BCUT2D eigenvalue weighted by Crippen LogP contribution is -2.52. The van der Waals surface area contributed by atoms with E-state index in [-0.39, 0.29) is 23.7 Å². The second-order valence-electron chi connectivity index (χ2n) is 11.3. The van der Waals surface area contributed by atoms with Gasteiger partial charge in [-0.05, 0) is 88.7 Å². The van der Waals surface area contributed by atoms with Crippen molar-refractivity contribution in [2.24, 2.45) is 11.8 Å². The number of carbonyl (C=O) groups excluding carboxylic acids is 1. The molecule has 206 valence electrons. The Kier molecular flexibility index (Phi) is 10.3. The van der Waals surface area contributed by atoms with E-state index in [1.807, 2.05) is 46.8 Å². The van der Waals surface area contributed by atoms with Crippen molar-refractivity contribution in [1.29, 1.82) is 5.26 Å². The average Bonchev–Trinajstić information content (AvgIpc) is 3.35. The van der Waals surface area contributed by atoms with Crippen molar-refractivity contribution in [2.75, 3.05) is 13.1 Å². The highest BCUT2D eigenvalue weighted by molar-refractivity contribution is 5.68. The van der Waals surface area contributed by atoms with E-state index in [1.54, 1.807) is 6.07 Å². The molecule has 1 aliphatic heterocycles. The standard InChI is InChI=1S/C30H38FN3O2.C2H6/c1-29(2,3)36-28(35)33-27-14-8-13-26(27)30(21-32,24-11-7-12-25(31)19-24)23-15-17-34(18-16-23)20-22-9-5-4-6-10-22;1-2/h4-7,9-12,19,23,26-27H,8,13-18,20H2,1-3H3,(H,33,35);1-2H3. The molecule has 5 nitrogen and oxygen atoms in total. The molecule has 2 aromatic carbocycles. The van der Waals surface area contributed by atoms with Gasteiger partial charge >= 0.3 is 6.09 Å². The number of halogens is 1. The quantitative estimate of drug-likeness (QED) is 0.436. The van der Waals surface area contributed by atoms with Crippen LogP contribution >= 0.6 is 0 Å². The molecular weight excluding hydrogens is 477 g/mol. The Morgan fingerprint density at radius 1 is 1.05 bits per heavy atom. The third-order valence-corrected chi connectivity index (χ3v) is 7.77. The summed E-state index contributed by atoms with van der Waals surface area (Å²) in [6.07, 6.45) is 3.77. The van der Waals surface area contributed by atoms with Crippen LogP contribution in [0.25, 0.3) is 0 Å². The minimum Gasteiger partial charge on any atom is -0.444 e. The summed E-state index contributed by atoms with van der Waals surface area (Å²) in [5.74, 6) is -0.367. The van der Waals surface area contributed by atoms with E-state index >= 15 is 0 Å². The number of piperidine rings is 1. The van der Waals surface area contributed by atoms with Gasteiger partial charge in [0.05, 0.1) is 11.5 Å². The molecule has 2 aromatic rings. The van der Waals surface area contributed by atoms with E-state index < -0.39 is 17.1 Å². The maximum Gasteiger partial charge on any atom is 0.407 e. The fourth-order valence-corrected chi connectivity index (χ4v) is 6.26. The van der Waals surface area contributed by atoms with Crippen LogP contribution < -0.4 is 5.32 Å². The highest BCUT2D eigenvalue weighted by atomic mass is 19.1. The summed E-state index contributed by atoms with van der Waals surface area (Å²) >= 11 is 0. The summed E-state index contributed by atoms with van der Waals surface area (Å²) in [5, 5.41) is 13.9. The van der Waals surface area contributed by atoms with Crippen molar-refractivity contribution < 1.29 is 13.9 Å². The fourth-order valence-electron chi connectivity index (χ4n) is 6.26. The Balaban J connectivity index is 0.00000195. The van der Waals surface area contributed by atoms with Crippen LogP contribution in [0.3, 0.4) is 0 Å². The lowest BCUT2D eigenvalue weighted by molar-refractivity contribution is 0.0459. The highest BCUT2D eigenvalue weighted by Gasteiger charge is 2.52. The van der Waals surface area contributed by atoms with Crippen molar-refractivity contribution >= 4 is 6.09 Å². The summed E-state index contributed by atoms with van der Waals surface area (Å²) in [6.45, 7) is 12.2. The summed E-state index contributed by atoms with van der Waals surface area (Å²) in [5.41, 5.74) is 0.537. The Hall–Kier alpha value is -2.91. The number of benzene rings is 2. The molecule has 1 saturated heterocycles. The van der Waals surface area contributed by atoms with E-state index in [0.717, 1.165) is 57.3 Å². The minimum absolute atomic E-state index is 0.0716. The van der Waals surface area contributed by atoms with Crippen molar-refractivity contribution in [2.45, 2.75) is 90.3 Å². The smallest absolute Gasteiger partial charge is 0.407 e. The number of hydrogen-bond acceptors (Lipinski definition) is 4. The first-order valence-electron chi connectivity index (χ1n) is 14.1. The summed E-state index contributed by atoms with van der Waals surface area (Å²) in [7, 11) is 0. The zero-order valence-corrected chi connectivity index (χ0v) is 23.7. The average molecular weight is 522 g/mol. The molecule has 2 aliphatic rings. The van der Waals surface area contributed by atoms with Crippen LogP contribution in [0, 0.1) is 29.0 Å². The first-order chi connectivity index (χ1) is 18.2. The van der Waals surface area contributed by atoms with Crippen molar-refractivity contribution in [3.63, 3.8) is 0 Å². The number of ether oxygens (including phenoxy) is 1. The first-order valence-corrected chi connectivity index (χ1v) is 14.1. The molecule has 0 aromatic heterocycles. The molecule has 1 saturated carbocycles. The van der Waals surface area contributed by atoms with E-state index in [0.29, 0.717) is 0 Å². The summed E-state index contributed by atoms with van der Waals surface area (Å²) < 4.78 is 20.0. The Bertz CT molecular complexity index is 1070. The molecular formula is C32H44FN3O2. The van der Waals surface area contributed by atoms with E-state index in [1.165, 1.54) is 17.7 Å². The minimum atomic E-state index is -0.878. The number of alkyl carbamates (subject to hydrolysis) is 1. The van der Waals surface area contributed by atoms with Crippen LogP contribution in [0.15, 0.2) is 54.6 Å². The number of hydrogen-bond donors (Lipinski definition) is 1. The van der Waals surface area contributed by atoms with Gasteiger partial charge in [-0.25, -0.2) is 9.18 Å². The molecule has 0 bridgehead atoms. The predicted molar refractivity (Wildman–Crippen MR) is 150 cm³/mol. The van der Waals surface area contributed by atoms with Gasteiger partial charge in [-0.15, -0.1) is 0 Å². The van der Waals surface area contributed by atoms with Gasteiger partial charge in [-0.2, -0.15) is 5.26 Å². The van der Waals surface area contributed by atoms with Crippen molar-refractivity contribution in [3.8, 4) is 6.07 Å². The molecule has 2 fully saturated rings. The first kappa shape index (κ1) is 29.6.